The molecule has 1 aromatic carbocycles. The van der Waals surface area contributed by atoms with E-state index in [1.165, 1.54) is 5.56 Å². The number of halogens is 1. The number of aliphatic imine (C=N–C) groups is 1. The lowest BCUT2D eigenvalue weighted by Crippen LogP contribution is -2.39. The second-order valence-corrected chi connectivity index (χ2v) is 7.99. The average Bonchev–Trinajstić information content (AvgIpc) is 2.85. The van der Waals surface area contributed by atoms with Crippen molar-refractivity contribution in [2.24, 2.45) is 10.9 Å². The Morgan fingerprint density at radius 1 is 1.35 bits per heavy atom. The maximum atomic E-state index is 11.5. The lowest BCUT2D eigenvalue weighted by molar-refractivity contribution is 0.587. The fourth-order valence-corrected chi connectivity index (χ4v) is 4.44. The van der Waals surface area contributed by atoms with E-state index < -0.39 is 9.84 Å². The number of sulfone groups is 1. The molecule has 1 heterocycles. The number of rotatable bonds is 5. The van der Waals surface area contributed by atoms with Crippen molar-refractivity contribution in [3.63, 3.8) is 0 Å². The van der Waals surface area contributed by atoms with E-state index in [0.29, 0.717) is 12.3 Å². The van der Waals surface area contributed by atoms with Gasteiger partial charge in [0.25, 0.3) is 0 Å². The van der Waals surface area contributed by atoms with Gasteiger partial charge in [-0.1, -0.05) is 30.3 Å². The molecule has 0 saturated carbocycles. The number of nitrogens with zero attached hydrogens (tertiary/aromatic N) is 1. The molecule has 0 amide bonds. The van der Waals surface area contributed by atoms with Crippen molar-refractivity contribution >= 4 is 39.8 Å². The summed E-state index contributed by atoms with van der Waals surface area (Å²) in [6.07, 6.45) is 0.722. The van der Waals surface area contributed by atoms with Gasteiger partial charge in [-0.3, -0.25) is 4.99 Å². The van der Waals surface area contributed by atoms with Crippen molar-refractivity contribution in [1.82, 2.24) is 10.6 Å². The van der Waals surface area contributed by atoms with Gasteiger partial charge in [-0.05, 0) is 31.7 Å². The monoisotopic (exact) mass is 451 g/mol. The lowest BCUT2D eigenvalue weighted by Gasteiger charge is -2.18. The minimum absolute atomic E-state index is 0. The molecule has 2 N–H and O–H groups in total. The van der Waals surface area contributed by atoms with Crippen molar-refractivity contribution in [3.05, 3.63) is 35.9 Å². The lowest BCUT2D eigenvalue weighted by atomic mass is 10.1. The standard InChI is InChI=1S/C16H25N3O2S.HI/c1-3-17-16(18-11-14-9-10-22(20,21)12-14)19-13(2)15-7-5-4-6-8-15;/h4-8,13-14H,3,9-12H2,1-2H3,(H2,17,18,19);1H. The summed E-state index contributed by atoms with van der Waals surface area (Å²) in [5.74, 6) is 1.46. The van der Waals surface area contributed by atoms with Crippen LogP contribution in [-0.2, 0) is 9.84 Å². The molecule has 5 nitrogen and oxygen atoms in total. The van der Waals surface area contributed by atoms with Gasteiger partial charge in [0.1, 0.15) is 0 Å². The smallest absolute Gasteiger partial charge is 0.191 e. The van der Waals surface area contributed by atoms with E-state index >= 15 is 0 Å². The predicted octanol–water partition coefficient (Wildman–Crippen LogP) is 2.36. The van der Waals surface area contributed by atoms with Crippen LogP contribution >= 0.6 is 24.0 Å². The summed E-state index contributed by atoms with van der Waals surface area (Å²) in [6, 6.07) is 10.3. The molecule has 2 atom stereocenters. The molecule has 1 fully saturated rings. The van der Waals surface area contributed by atoms with Crippen LogP contribution in [0.15, 0.2) is 35.3 Å². The summed E-state index contributed by atoms with van der Waals surface area (Å²) in [7, 11) is -2.83. The second kappa shape index (κ2) is 9.46. The van der Waals surface area contributed by atoms with Gasteiger partial charge >= 0.3 is 0 Å². The molecule has 23 heavy (non-hydrogen) atoms. The van der Waals surface area contributed by atoms with Gasteiger partial charge in [0.2, 0.25) is 0 Å². The van der Waals surface area contributed by atoms with Gasteiger partial charge in [-0.2, -0.15) is 0 Å². The van der Waals surface area contributed by atoms with Crippen LogP contribution in [-0.4, -0.2) is 39.0 Å². The molecule has 1 saturated heterocycles. The van der Waals surface area contributed by atoms with E-state index in [-0.39, 0.29) is 41.7 Å². The van der Waals surface area contributed by atoms with Crippen LogP contribution in [0.25, 0.3) is 0 Å². The van der Waals surface area contributed by atoms with Crippen molar-refractivity contribution in [2.45, 2.75) is 26.3 Å². The zero-order valence-corrected chi connectivity index (χ0v) is 16.8. The van der Waals surface area contributed by atoms with E-state index in [9.17, 15) is 8.42 Å². The summed E-state index contributed by atoms with van der Waals surface area (Å²) < 4.78 is 23.0. The Morgan fingerprint density at radius 3 is 2.61 bits per heavy atom. The number of guanidine groups is 1. The summed E-state index contributed by atoms with van der Waals surface area (Å²) in [6.45, 7) is 5.43. The Labute approximate surface area is 156 Å². The number of nitrogens with one attached hydrogen (secondary N) is 2. The summed E-state index contributed by atoms with van der Waals surface area (Å²) in [4.78, 5) is 4.56. The third kappa shape index (κ3) is 6.66. The molecule has 0 aromatic heterocycles. The van der Waals surface area contributed by atoms with Crippen LogP contribution in [0.1, 0.15) is 31.9 Å². The molecular weight excluding hydrogens is 425 g/mol. The molecule has 0 radical (unpaired) electrons. The average molecular weight is 451 g/mol. The minimum atomic E-state index is -2.83. The number of benzene rings is 1. The van der Waals surface area contributed by atoms with Crippen LogP contribution in [0, 0.1) is 5.92 Å². The number of hydrogen-bond donors (Lipinski definition) is 2. The summed E-state index contributed by atoms with van der Waals surface area (Å²) in [5.41, 5.74) is 1.19. The van der Waals surface area contributed by atoms with E-state index in [1.54, 1.807) is 0 Å². The third-order valence-corrected chi connectivity index (χ3v) is 5.67. The maximum absolute atomic E-state index is 11.5. The first kappa shape index (κ1) is 20.2. The first-order chi connectivity index (χ1) is 10.5. The van der Waals surface area contributed by atoms with Gasteiger partial charge in [0.15, 0.2) is 15.8 Å². The highest BCUT2D eigenvalue weighted by Crippen LogP contribution is 2.18. The minimum Gasteiger partial charge on any atom is -0.357 e. The Kier molecular flexibility index (Phi) is 8.32. The van der Waals surface area contributed by atoms with Crippen molar-refractivity contribution in [1.29, 1.82) is 0 Å². The predicted molar refractivity (Wildman–Crippen MR) is 106 cm³/mol. The van der Waals surface area contributed by atoms with E-state index in [4.69, 9.17) is 0 Å². The van der Waals surface area contributed by atoms with Crippen LogP contribution < -0.4 is 10.6 Å². The normalized spacial score (nSPS) is 21.3. The summed E-state index contributed by atoms with van der Waals surface area (Å²) in [5, 5.41) is 6.59. The van der Waals surface area contributed by atoms with Gasteiger partial charge < -0.3 is 10.6 Å². The fourth-order valence-electron chi connectivity index (χ4n) is 2.59. The van der Waals surface area contributed by atoms with E-state index in [2.05, 4.69) is 34.7 Å². The SMILES string of the molecule is CCNC(=NCC1CCS(=O)(=O)C1)NC(C)c1ccccc1.I. The molecule has 0 spiro atoms. The first-order valence-corrected chi connectivity index (χ1v) is 9.62. The molecule has 7 heteroatoms. The highest BCUT2D eigenvalue weighted by atomic mass is 127. The fraction of sp³-hybridized carbons (Fsp3) is 0.562. The summed E-state index contributed by atoms with van der Waals surface area (Å²) >= 11 is 0. The molecule has 1 aliphatic rings. The van der Waals surface area contributed by atoms with Crippen molar-refractivity contribution in [3.8, 4) is 0 Å². The van der Waals surface area contributed by atoms with Crippen LogP contribution in [0.4, 0.5) is 0 Å². The molecular formula is C16H26IN3O2S. The molecule has 1 aliphatic heterocycles. The van der Waals surface area contributed by atoms with Crippen molar-refractivity contribution < 1.29 is 8.42 Å². The first-order valence-electron chi connectivity index (χ1n) is 7.80. The second-order valence-electron chi connectivity index (χ2n) is 5.77. The van der Waals surface area contributed by atoms with Gasteiger partial charge in [0.05, 0.1) is 17.5 Å². The van der Waals surface area contributed by atoms with Crippen LogP contribution in [0.5, 0.6) is 0 Å². The zero-order chi connectivity index (χ0) is 16.0. The van der Waals surface area contributed by atoms with Gasteiger partial charge in [0, 0.05) is 13.1 Å². The molecule has 130 valence electrons. The topological polar surface area (TPSA) is 70.6 Å². The molecule has 2 unspecified atom stereocenters. The maximum Gasteiger partial charge on any atom is 0.191 e. The Bertz CT molecular complexity index is 605. The van der Waals surface area contributed by atoms with E-state index in [1.807, 2.05) is 25.1 Å². The van der Waals surface area contributed by atoms with E-state index in [0.717, 1.165) is 18.9 Å². The molecule has 0 bridgehead atoms. The quantitative estimate of drug-likeness (QED) is 0.410. The molecule has 0 aliphatic carbocycles. The molecule has 1 aromatic rings. The third-order valence-electron chi connectivity index (χ3n) is 3.83. The van der Waals surface area contributed by atoms with Crippen molar-refractivity contribution in [2.75, 3.05) is 24.6 Å². The highest BCUT2D eigenvalue weighted by molar-refractivity contribution is 14.0. The Hall–Kier alpha value is -0.830. The number of hydrogen-bond acceptors (Lipinski definition) is 3. The largest absolute Gasteiger partial charge is 0.357 e. The Morgan fingerprint density at radius 2 is 2.04 bits per heavy atom. The van der Waals surface area contributed by atoms with Gasteiger partial charge in [-0.25, -0.2) is 8.42 Å². The molecule has 2 rings (SSSR count). The zero-order valence-electron chi connectivity index (χ0n) is 13.7. The Balaban J connectivity index is 0.00000264. The van der Waals surface area contributed by atoms with Gasteiger partial charge in [-0.15, -0.1) is 24.0 Å². The van der Waals surface area contributed by atoms with Crippen LogP contribution in [0.2, 0.25) is 0 Å². The highest BCUT2D eigenvalue weighted by Gasteiger charge is 2.27. The van der Waals surface area contributed by atoms with Crippen LogP contribution in [0.3, 0.4) is 0 Å².